The van der Waals surface area contributed by atoms with Crippen LogP contribution in [0.1, 0.15) is 12.8 Å². The van der Waals surface area contributed by atoms with Crippen LogP contribution in [0.4, 0.5) is 11.4 Å². The van der Waals surface area contributed by atoms with Gasteiger partial charge in [0, 0.05) is 24.2 Å². The van der Waals surface area contributed by atoms with Crippen molar-refractivity contribution in [3.63, 3.8) is 0 Å². The van der Waals surface area contributed by atoms with Gasteiger partial charge in [-0.05, 0) is 30.9 Å². The van der Waals surface area contributed by atoms with Crippen molar-refractivity contribution >= 4 is 23.0 Å². The number of rotatable bonds is 4. The topological polar surface area (TPSA) is 64.4 Å². The maximum absolute atomic E-state index is 10.9. The van der Waals surface area contributed by atoms with Gasteiger partial charge in [-0.25, -0.2) is 0 Å². The number of hydrogen-bond donors (Lipinski definition) is 1. The Kier molecular flexibility index (Phi) is 4.38. The fourth-order valence-corrected chi connectivity index (χ4v) is 2.19. The molecule has 5 nitrogen and oxygen atoms in total. The van der Waals surface area contributed by atoms with Crippen molar-refractivity contribution in [1.82, 2.24) is 0 Å². The Morgan fingerprint density at radius 2 is 2.39 bits per heavy atom. The van der Waals surface area contributed by atoms with Crippen molar-refractivity contribution in [3.05, 3.63) is 33.3 Å². The SMILES string of the molecule is O=[N+]([O-])c1cc(Cl)ccc1NCC1CCCOC1. The molecule has 1 heterocycles. The first-order valence-electron chi connectivity index (χ1n) is 5.92. The highest BCUT2D eigenvalue weighted by molar-refractivity contribution is 6.30. The summed E-state index contributed by atoms with van der Waals surface area (Å²) >= 11 is 5.76. The van der Waals surface area contributed by atoms with Gasteiger partial charge in [0.2, 0.25) is 0 Å². The number of nitrogens with zero attached hydrogens (tertiary/aromatic N) is 1. The summed E-state index contributed by atoms with van der Waals surface area (Å²) < 4.78 is 5.37. The first-order valence-corrected chi connectivity index (χ1v) is 6.30. The summed E-state index contributed by atoms with van der Waals surface area (Å²) in [6.07, 6.45) is 2.14. The summed E-state index contributed by atoms with van der Waals surface area (Å²) in [6, 6.07) is 4.65. The van der Waals surface area contributed by atoms with Gasteiger partial charge in [-0.1, -0.05) is 11.6 Å². The fourth-order valence-electron chi connectivity index (χ4n) is 2.03. The predicted octanol–water partition coefficient (Wildman–Crippen LogP) is 3.09. The Morgan fingerprint density at radius 1 is 1.56 bits per heavy atom. The van der Waals surface area contributed by atoms with E-state index in [1.54, 1.807) is 12.1 Å². The number of nitro groups is 1. The lowest BCUT2D eigenvalue weighted by Crippen LogP contribution is -2.24. The number of hydrogen-bond acceptors (Lipinski definition) is 4. The molecule has 2 rings (SSSR count). The number of anilines is 1. The number of ether oxygens (including phenoxy) is 1. The molecule has 1 atom stereocenters. The van der Waals surface area contributed by atoms with Gasteiger partial charge in [-0.2, -0.15) is 0 Å². The van der Waals surface area contributed by atoms with E-state index < -0.39 is 4.92 Å². The molecule has 0 aromatic heterocycles. The molecule has 1 aromatic rings. The van der Waals surface area contributed by atoms with Gasteiger partial charge in [0.15, 0.2) is 0 Å². The monoisotopic (exact) mass is 270 g/mol. The van der Waals surface area contributed by atoms with E-state index in [0.29, 0.717) is 29.8 Å². The second-order valence-corrected chi connectivity index (χ2v) is 4.82. The normalized spacial score (nSPS) is 19.5. The van der Waals surface area contributed by atoms with Crippen LogP contribution in [-0.2, 0) is 4.74 Å². The third-order valence-electron chi connectivity index (χ3n) is 2.99. The zero-order chi connectivity index (χ0) is 13.0. The van der Waals surface area contributed by atoms with Crippen molar-refractivity contribution < 1.29 is 9.66 Å². The number of benzene rings is 1. The molecular formula is C12H15ClN2O3. The van der Waals surface area contributed by atoms with E-state index in [1.807, 2.05) is 0 Å². The first-order chi connectivity index (χ1) is 8.66. The number of nitrogens with one attached hydrogen (secondary N) is 1. The Bertz CT molecular complexity index is 433. The van der Waals surface area contributed by atoms with Crippen molar-refractivity contribution in [2.75, 3.05) is 25.1 Å². The molecule has 18 heavy (non-hydrogen) atoms. The zero-order valence-electron chi connectivity index (χ0n) is 9.89. The molecule has 0 spiro atoms. The molecule has 1 unspecified atom stereocenters. The second kappa shape index (κ2) is 6.02. The minimum absolute atomic E-state index is 0.0132. The smallest absolute Gasteiger partial charge is 0.293 e. The van der Waals surface area contributed by atoms with Crippen molar-refractivity contribution in [2.45, 2.75) is 12.8 Å². The Hall–Kier alpha value is -1.33. The summed E-state index contributed by atoms with van der Waals surface area (Å²) in [5.74, 6) is 0.411. The summed E-state index contributed by atoms with van der Waals surface area (Å²) in [6.45, 7) is 2.22. The van der Waals surface area contributed by atoms with Gasteiger partial charge in [0.05, 0.1) is 11.5 Å². The van der Waals surface area contributed by atoms with Gasteiger partial charge >= 0.3 is 0 Å². The Labute approximate surface area is 110 Å². The minimum atomic E-state index is -0.425. The molecule has 0 aliphatic carbocycles. The lowest BCUT2D eigenvalue weighted by atomic mass is 10.0. The third-order valence-corrected chi connectivity index (χ3v) is 3.23. The van der Waals surface area contributed by atoms with E-state index in [2.05, 4.69) is 5.32 Å². The predicted molar refractivity (Wildman–Crippen MR) is 70.1 cm³/mol. The van der Waals surface area contributed by atoms with Crippen molar-refractivity contribution in [1.29, 1.82) is 0 Å². The van der Waals surface area contributed by atoms with Crippen LogP contribution in [0.25, 0.3) is 0 Å². The van der Waals surface area contributed by atoms with Crippen LogP contribution in [0.15, 0.2) is 18.2 Å². The lowest BCUT2D eigenvalue weighted by Gasteiger charge is -2.22. The van der Waals surface area contributed by atoms with Crippen LogP contribution < -0.4 is 5.32 Å². The minimum Gasteiger partial charge on any atom is -0.381 e. The summed E-state index contributed by atoms with van der Waals surface area (Å²) in [5.41, 5.74) is 0.522. The molecular weight excluding hydrogens is 256 g/mol. The standard InChI is InChI=1S/C12H15ClN2O3/c13-10-3-4-11(12(6-10)15(16)17)14-7-9-2-1-5-18-8-9/h3-4,6,9,14H,1-2,5,7-8H2. The van der Waals surface area contributed by atoms with Crippen LogP contribution in [0.5, 0.6) is 0 Å². The highest BCUT2D eigenvalue weighted by Crippen LogP contribution is 2.28. The van der Waals surface area contributed by atoms with Crippen molar-refractivity contribution in [2.24, 2.45) is 5.92 Å². The van der Waals surface area contributed by atoms with E-state index in [0.717, 1.165) is 19.4 Å². The van der Waals surface area contributed by atoms with Crippen molar-refractivity contribution in [3.8, 4) is 0 Å². The third kappa shape index (κ3) is 3.34. The van der Waals surface area contributed by atoms with E-state index in [-0.39, 0.29) is 5.69 Å². The average molecular weight is 271 g/mol. The maximum atomic E-state index is 10.9. The number of halogens is 1. The second-order valence-electron chi connectivity index (χ2n) is 4.38. The van der Waals surface area contributed by atoms with Gasteiger partial charge in [0.25, 0.3) is 5.69 Å². The molecule has 1 aliphatic rings. The van der Waals surface area contributed by atoms with Crippen LogP contribution in [0.2, 0.25) is 5.02 Å². The molecule has 0 amide bonds. The molecule has 1 N–H and O–H groups in total. The molecule has 0 bridgehead atoms. The molecule has 6 heteroatoms. The van der Waals surface area contributed by atoms with Gasteiger partial charge in [-0.15, -0.1) is 0 Å². The Balaban J connectivity index is 2.01. The van der Waals surface area contributed by atoms with Gasteiger partial charge in [0.1, 0.15) is 5.69 Å². The van der Waals surface area contributed by atoms with Gasteiger partial charge < -0.3 is 10.1 Å². The average Bonchev–Trinajstić information content (AvgIpc) is 2.38. The van der Waals surface area contributed by atoms with E-state index >= 15 is 0 Å². The van der Waals surface area contributed by atoms with E-state index in [4.69, 9.17) is 16.3 Å². The first kappa shape index (κ1) is 13.1. The largest absolute Gasteiger partial charge is 0.381 e. The summed E-state index contributed by atoms with van der Waals surface area (Å²) in [7, 11) is 0. The Morgan fingerprint density at radius 3 is 3.06 bits per heavy atom. The maximum Gasteiger partial charge on any atom is 0.293 e. The quantitative estimate of drug-likeness (QED) is 0.674. The molecule has 1 aliphatic heterocycles. The lowest BCUT2D eigenvalue weighted by molar-refractivity contribution is -0.383. The van der Waals surface area contributed by atoms with Crippen LogP contribution >= 0.6 is 11.6 Å². The molecule has 1 aromatic carbocycles. The molecule has 1 saturated heterocycles. The molecule has 98 valence electrons. The zero-order valence-corrected chi connectivity index (χ0v) is 10.7. The molecule has 0 radical (unpaired) electrons. The highest BCUT2D eigenvalue weighted by Gasteiger charge is 2.17. The molecule has 0 saturated carbocycles. The van der Waals surface area contributed by atoms with E-state index in [9.17, 15) is 10.1 Å². The fraction of sp³-hybridized carbons (Fsp3) is 0.500. The summed E-state index contributed by atoms with van der Waals surface area (Å²) in [5, 5.41) is 14.4. The summed E-state index contributed by atoms with van der Waals surface area (Å²) in [4.78, 5) is 10.5. The number of nitro benzene ring substituents is 1. The molecule has 1 fully saturated rings. The van der Waals surface area contributed by atoms with E-state index in [1.165, 1.54) is 6.07 Å². The van der Waals surface area contributed by atoms with Crippen LogP contribution in [0.3, 0.4) is 0 Å². The van der Waals surface area contributed by atoms with Crippen LogP contribution in [0, 0.1) is 16.0 Å². The highest BCUT2D eigenvalue weighted by atomic mass is 35.5. The van der Waals surface area contributed by atoms with Crippen LogP contribution in [-0.4, -0.2) is 24.7 Å². The van der Waals surface area contributed by atoms with Gasteiger partial charge in [-0.3, -0.25) is 10.1 Å².